The van der Waals surface area contributed by atoms with Crippen molar-refractivity contribution in [1.29, 1.82) is 0 Å². The molecule has 1 aromatic rings. The number of benzene rings is 1. The Morgan fingerprint density at radius 2 is 1.88 bits per heavy atom. The van der Waals surface area contributed by atoms with Crippen molar-refractivity contribution >= 4 is 24.2 Å². The standard InChI is InChI=1S/C18H27N3O3.ClH/c1-14(16(22)20-12-15-6-4-3-5-7-15)21-17(23)18(13-24-2)8-10-19-11-9-18;/h3-7,14,19H,8-13H2,1-2H3,(H,20,22)(H,21,23);1H. The van der Waals surface area contributed by atoms with Gasteiger partial charge in [-0.2, -0.15) is 0 Å². The van der Waals surface area contributed by atoms with Gasteiger partial charge in [0.25, 0.3) is 0 Å². The van der Waals surface area contributed by atoms with E-state index in [1.165, 1.54) is 0 Å². The van der Waals surface area contributed by atoms with Gasteiger partial charge < -0.3 is 20.7 Å². The summed E-state index contributed by atoms with van der Waals surface area (Å²) in [6.45, 7) is 4.10. The molecule has 1 aliphatic rings. The third-order valence-corrected chi connectivity index (χ3v) is 4.51. The minimum absolute atomic E-state index is 0. The molecule has 0 spiro atoms. The molecule has 1 saturated heterocycles. The molecule has 1 aromatic carbocycles. The third-order valence-electron chi connectivity index (χ3n) is 4.51. The first-order chi connectivity index (χ1) is 11.6. The van der Waals surface area contributed by atoms with E-state index in [1.807, 2.05) is 30.3 Å². The van der Waals surface area contributed by atoms with Crippen LogP contribution in [0.1, 0.15) is 25.3 Å². The lowest BCUT2D eigenvalue weighted by Crippen LogP contribution is -2.54. The quantitative estimate of drug-likeness (QED) is 0.675. The van der Waals surface area contributed by atoms with Crippen LogP contribution in [-0.2, 0) is 20.9 Å². The molecule has 0 aliphatic carbocycles. The van der Waals surface area contributed by atoms with Crippen molar-refractivity contribution in [3.8, 4) is 0 Å². The van der Waals surface area contributed by atoms with Crippen molar-refractivity contribution in [2.75, 3.05) is 26.8 Å². The summed E-state index contributed by atoms with van der Waals surface area (Å²) < 4.78 is 5.26. The maximum Gasteiger partial charge on any atom is 0.242 e. The minimum atomic E-state index is -0.579. The minimum Gasteiger partial charge on any atom is -0.384 e. The Morgan fingerprint density at radius 1 is 1.24 bits per heavy atom. The lowest BCUT2D eigenvalue weighted by atomic mass is 9.78. The molecule has 140 valence electrons. The van der Waals surface area contributed by atoms with Gasteiger partial charge in [0.15, 0.2) is 0 Å². The van der Waals surface area contributed by atoms with Crippen molar-refractivity contribution in [1.82, 2.24) is 16.0 Å². The Labute approximate surface area is 155 Å². The van der Waals surface area contributed by atoms with Gasteiger partial charge >= 0.3 is 0 Å². The first-order valence-electron chi connectivity index (χ1n) is 8.40. The Hall–Kier alpha value is -1.63. The highest BCUT2D eigenvalue weighted by atomic mass is 35.5. The molecular formula is C18H28ClN3O3. The number of piperidine rings is 1. The molecule has 0 radical (unpaired) electrons. The van der Waals surface area contributed by atoms with E-state index in [1.54, 1.807) is 14.0 Å². The molecule has 0 saturated carbocycles. The second-order valence-electron chi connectivity index (χ2n) is 6.36. The largest absolute Gasteiger partial charge is 0.384 e. The normalized spacial score (nSPS) is 17.0. The maximum absolute atomic E-state index is 12.7. The van der Waals surface area contributed by atoms with Gasteiger partial charge in [-0.05, 0) is 38.4 Å². The number of rotatable bonds is 7. The lowest BCUT2D eigenvalue weighted by Gasteiger charge is -2.36. The molecule has 3 N–H and O–H groups in total. The molecular weight excluding hydrogens is 342 g/mol. The van der Waals surface area contributed by atoms with Gasteiger partial charge in [0, 0.05) is 13.7 Å². The van der Waals surface area contributed by atoms with Crippen molar-refractivity contribution in [2.45, 2.75) is 32.4 Å². The molecule has 1 aliphatic heterocycles. The third kappa shape index (κ3) is 5.99. The van der Waals surface area contributed by atoms with Gasteiger partial charge in [0.2, 0.25) is 11.8 Å². The SMILES string of the molecule is COCC1(C(=O)NC(C)C(=O)NCc2ccccc2)CCNCC1.Cl. The lowest BCUT2D eigenvalue weighted by molar-refractivity contribution is -0.139. The molecule has 1 fully saturated rings. The summed E-state index contributed by atoms with van der Waals surface area (Å²) in [6, 6.07) is 9.11. The van der Waals surface area contributed by atoms with Crippen molar-refractivity contribution in [3.05, 3.63) is 35.9 Å². The number of halogens is 1. The number of nitrogens with one attached hydrogen (secondary N) is 3. The first kappa shape index (κ1) is 21.4. The Bertz CT molecular complexity index is 542. The zero-order chi connectivity index (χ0) is 17.4. The fraction of sp³-hybridized carbons (Fsp3) is 0.556. The molecule has 0 aromatic heterocycles. The van der Waals surface area contributed by atoms with Gasteiger partial charge in [-0.25, -0.2) is 0 Å². The van der Waals surface area contributed by atoms with Crippen LogP contribution in [0.2, 0.25) is 0 Å². The van der Waals surface area contributed by atoms with E-state index in [9.17, 15) is 9.59 Å². The zero-order valence-corrected chi connectivity index (χ0v) is 15.7. The predicted octanol–water partition coefficient (Wildman–Crippen LogP) is 1.25. The van der Waals surface area contributed by atoms with Crippen LogP contribution in [-0.4, -0.2) is 44.7 Å². The highest BCUT2D eigenvalue weighted by molar-refractivity contribution is 5.90. The highest BCUT2D eigenvalue weighted by Crippen LogP contribution is 2.29. The second kappa shape index (κ2) is 10.4. The van der Waals surface area contributed by atoms with Crippen LogP contribution in [0.15, 0.2) is 30.3 Å². The number of ether oxygens (including phenoxy) is 1. The van der Waals surface area contributed by atoms with Gasteiger partial charge in [-0.15, -0.1) is 12.4 Å². The van der Waals surface area contributed by atoms with Crippen LogP contribution < -0.4 is 16.0 Å². The van der Waals surface area contributed by atoms with Crippen LogP contribution >= 0.6 is 12.4 Å². The zero-order valence-electron chi connectivity index (χ0n) is 14.8. The fourth-order valence-electron chi connectivity index (χ4n) is 2.97. The van der Waals surface area contributed by atoms with Crippen LogP contribution in [0.5, 0.6) is 0 Å². The van der Waals surface area contributed by atoms with E-state index in [4.69, 9.17) is 4.74 Å². The predicted molar refractivity (Wildman–Crippen MR) is 99.6 cm³/mol. The summed E-state index contributed by atoms with van der Waals surface area (Å²) in [4.78, 5) is 24.9. The van der Waals surface area contributed by atoms with Crippen LogP contribution in [0.3, 0.4) is 0 Å². The Kier molecular flexibility index (Phi) is 8.89. The summed E-state index contributed by atoms with van der Waals surface area (Å²) in [5.74, 6) is -0.290. The molecule has 2 rings (SSSR count). The number of methoxy groups -OCH3 is 1. The first-order valence-corrected chi connectivity index (χ1v) is 8.40. The molecule has 2 amide bonds. The number of amides is 2. The topological polar surface area (TPSA) is 79.5 Å². The van der Waals surface area contributed by atoms with Crippen LogP contribution in [0, 0.1) is 5.41 Å². The summed E-state index contributed by atoms with van der Waals surface area (Å²) in [5, 5.41) is 8.96. The summed E-state index contributed by atoms with van der Waals surface area (Å²) in [6.07, 6.45) is 1.43. The second-order valence-corrected chi connectivity index (χ2v) is 6.36. The van der Waals surface area contributed by atoms with Crippen molar-refractivity contribution < 1.29 is 14.3 Å². The van der Waals surface area contributed by atoms with E-state index in [2.05, 4.69) is 16.0 Å². The summed E-state index contributed by atoms with van der Waals surface area (Å²) in [7, 11) is 1.60. The molecule has 1 heterocycles. The van der Waals surface area contributed by atoms with Gasteiger partial charge in [-0.1, -0.05) is 30.3 Å². The van der Waals surface area contributed by atoms with Crippen LogP contribution in [0.4, 0.5) is 0 Å². The van der Waals surface area contributed by atoms with E-state index < -0.39 is 11.5 Å². The van der Waals surface area contributed by atoms with Gasteiger partial charge in [0.05, 0.1) is 12.0 Å². The van der Waals surface area contributed by atoms with E-state index in [-0.39, 0.29) is 24.2 Å². The average Bonchev–Trinajstić information content (AvgIpc) is 2.61. The van der Waals surface area contributed by atoms with Crippen molar-refractivity contribution in [2.24, 2.45) is 5.41 Å². The smallest absolute Gasteiger partial charge is 0.242 e. The molecule has 1 unspecified atom stereocenters. The number of carbonyl (C=O) groups excluding carboxylic acids is 2. The monoisotopic (exact) mass is 369 g/mol. The molecule has 25 heavy (non-hydrogen) atoms. The Balaban J connectivity index is 0.00000312. The molecule has 6 nitrogen and oxygen atoms in total. The fourth-order valence-corrected chi connectivity index (χ4v) is 2.97. The number of carbonyl (C=O) groups is 2. The average molecular weight is 370 g/mol. The van der Waals surface area contributed by atoms with Crippen molar-refractivity contribution in [3.63, 3.8) is 0 Å². The summed E-state index contributed by atoms with van der Waals surface area (Å²) >= 11 is 0. The number of hydrogen-bond acceptors (Lipinski definition) is 4. The van der Waals surface area contributed by atoms with E-state index in [0.29, 0.717) is 26.0 Å². The molecule has 0 bridgehead atoms. The van der Waals surface area contributed by atoms with Gasteiger partial charge in [-0.3, -0.25) is 9.59 Å². The molecule has 1 atom stereocenters. The molecule has 7 heteroatoms. The number of hydrogen-bond donors (Lipinski definition) is 3. The maximum atomic E-state index is 12.7. The highest BCUT2D eigenvalue weighted by Gasteiger charge is 2.40. The van der Waals surface area contributed by atoms with E-state index in [0.717, 1.165) is 18.7 Å². The van der Waals surface area contributed by atoms with E-state index >= 15 is 0 Å². The summed E-state index contributed by atoms with van der Waals surface area (Å²) in [5.41, 5.74) is 0.479. The van der Waals surface area contributed by atoms with Crippen LogP contribution in [0.25, 0.3) is 0 Å². The van der Waals surface area contributed by atoms with Gasteiger partial charge in [0.1, 0.15) is 6.04 Å². The Morgan fingerprint density at radius 3 is 2.48 bits per heavy atom.